The van der Waals surface area contributed by atoms with Crippen LogP contribution in [-0.2, 0) is 4.79 Å². The highest BCUT2D eigenvalue weighted by atomic mass is 35.5. The highest BCUT2D eigenvalue weighted by Crippen LogP contribution is 2.19. The maximum atomic E-state index is 12.2. The number of anilines is 1. The predicted molar refractivity (Wildman–Crippen MR) is 95.0 cm³/mol. The van der Waals surface area contributed by atoms with E-state index in [9.17, 15) is 4.79 Å². The third-order valence-electron chi connectivity index (χ3n) is 3.65. The number of hydrogen-bond donors (Lipinski definition) is 2. The van der Waals surface area contributed by atoms with Crippen molar-refractivity contribution in [3.8, 4) is 0 Å². The van der Waals surface area contributed by atoms with Gasteiger partial charge in [0.2, 0.25) is 5.91 Å². The van der Waals surface area contributed by atoms with E-state index in [1.165, 1.54) is 0 Å². The fourth-order valence-electron chi connectivity index (χ4n) is 2.46. The lowest BCUT2D eigenvalue weighted by molar-refractivity contribution is -0.129. The second-order valence-electron chi connectivity index (χ2n) is 5.84. The minimum absolute atomic E-state index is 0.00858. The van der Waals surface area contributed by atoms with Crippen molar-refractivity contribution in [2.45, 2.75) is 19.9 Å². The molecular weight excluding hydrogens is 314 g/mol. The van der Waals surface area contributed by atoms with Crippen LogP contribution in [0, 0.1) is 0 Å². The molecule has 1 aliphatic rings. The van der Waals surface area contributed by atoms with E-state index in [1.54, 1.807) is 0 Å². The van der Waals surface area contributed by atoms with E-state index in [2.05, 4.69) is 15.2 Å². The zero-order valence-corrected chi connectivity index (χ0v) is 14.4. The summed E-state index contributed by atoms with van der Waals surface area (Å²) >= 11 is 5.91. The van der Waals surface area contributed by atoms with E-state index in [-0.39, 0.29) is 18.5 Å². The molecule has 0 saturated carbocycles. The van der Waals surface area contributed by atoms with Crippen LogP contribution in [0.4, 0.5) is 5.69 Å². The summed E-state index contributed by atoms with van der Waals surface area (Å²) in [6, 6.07) is 7.98. The van der Waals surface area contributed by atoms with Gasteiger partial charge in [-0.05, 0) is 38.1 Å². The van der Waals surface area contributed by atoms with Gasteiger partial charge in [0, 0.05) is 42.9 Å². The van der Waals surface area contributed by atoms with Gasteiger partial charge in [0.25, 0.3) is 0 Å². The molecule has 0 unspecified atom stereocenters. The summed E-state index contributed by atoms with van der Waals surface area (Å²) in [5.74, 6) is 0.322. The van der Waals surface area contributed by atoms with Gasteiger partial charge < -0.3 is 20.9 Å². The van der Waals surface area contributed by atoms with Crippen LogP contribution in [0.15, 0.2) is 29.3 Å². The summed E-state index contributed by atoms with van der Waals surface area (Å²) in [4.78, 5) is 20.3. The zero-order valence-electron chi connectivity index (χ0n) is 13.6. The first-order chi connectivity index (χ1) is 11.0. The summed E-state index contributed by atoms with van der Waals surface area (Å²) < 4.78 is 0. The van der Waals surface area contributed by atoms with Crippen molar-refractivity contribution >= 4 is 29.2 Å². The van der Waals surface area contributed by atoms with Gasteiger partial charge in [-0.15, -0.1) is 0 Å². The van der Waals surface area contributed by atoms with Crippen molar-refractivity contribution in [1.29, 1.82) is 0 Å². The van der Waals surface area contributed by atoms with E-state index in [1.807, 2.05) is 43.0 Å². The number of halogens is 1. The third-order valence-corrected chi connectivity index (χ3v) is 3.90. The van der Waals surface area contributed by atoms with E-state index >= 15 is 0 Å². The number of carbonyl (C=O) groups excluding carboxylic acids is 1. The highest BCUT2D eigenvalue weighted by molar-refractivity contribution is 6.30. The Bertz CT molecular complexity index is 550. The first kappa shape index (κ1) is 17.4. The molecule has 1 aromatic carbocycles. The maximum absolute atomic E-state index is 12.2. The number of carbonyl (C=O) groups is 1. The highest BCUT2D eigenvalue weighted by Gasteiger charge is 2.20. The molecular formula is C16H24ClN5O. The number of aliphatic imine (C=N–C) groups is 1. The van der Waals surface area contributed by atoms with Crippen LogP contribution >= 0.6 is 11.6 Å². The van der Waals surface area contributed by atoms with Crippen LogP contribution in [0.5, 0.6) is 0 Å². The first-order valence-electron chi connectivity index (χ1n) is 7.80. The van der Waals surface area contributed by atoms with Gasteiger partial charge in [0.1, 0.15) is 6.54 Å². The van der Waals surface area contributed by atoms with Crippen molar-refractivity contribution in [3.05, 3.63) is 29.3 Å². The Labute approximate surface area is 142 Å². The average Bonchev–Trinajstić information content (AvgIpc) is 2.53. The Balaban J connectivity index is 1.81. The number of rotatable bonds is 4. The van der Waals surface area contributed by atoms with E-state index < -0.39 is 0 Å². The summed E-state index contributed by atoms with van der Waals surface area (Å²) in [7, 11) is 0. The topological polar surface area (TPSA) is 74.0 Å². The second-order valence-corrected chi connectivity index (χ2v) is 6.28. The molecule has 1 amide bonds. The molecule has 23 heavy (non-hydrogen) atoms. The van der Waals surface area contributed by atoms with Crippen LogP contribution in [0.25, 0.3) is 0 Å². The Morgan fingerprint density at radius 2 is 1.87 bits per heavy atom. The lowest BCUT2D eigenvalue weighted by atomic mass is 10.2. The SMILES string of the molecule is CC(C)NC(N)=NCC(=O)N1CCN(c2ccc(Cl)cc2)CC1. The monoisotopic (exact) mass is 337 g/mol. The molecule has 0 bridgehead atoms. The minimum atomic E-state index is 0.00858. The molecule has 0 radical (unpaired) electrons. The molecule has 1 heterocycles. The van der Waals surface area contributed by atoms with Gasteiger partial charge in [-0.1, -0.05) is 11.6 Å². The molecule has 3 N–H and O–H groups in total. The normalized spacial score (nSPS) is 15.9. The summed E-state index contributed by atoms with van der Waals surface area (Å²) in [5.41, 5.74) is 6.84. The number of guanidine groups is 1. The van der Waals surface area contributed by atoms with Gasteiger partial charge in [0.15, 0.2) is 5.96 Å². The molecule has 126 valence electrons. The summed E-state index contributed by atoms with van der Waals surface area (Å²) in [5, 5.41) is 3.70. The van der Waals surface area contributed by atoms with Crippen molar-refractivity contribution in [1.82, 2.24) is 10.2 Å². The van der Waals surface area contributed by atoms with Crippen LogP contribution in [0.2, 0.25) is 5.02 Å². The molecule has 0 aromatic heterocycles. The van der Waals surface area contributed by atoms with Crippen molar-refractivity contribution in [2.24, 2.45) is 10.7 Å². The van der Waals surface area contributed by atoms with Crippen LogP contribution in [0.3, 0.4) is 0 Å². The fraction of sp³-hybridized carbons (Fsp3) is 0.500. The zero-order chi connectivity index (χ0) is 16.8. The van der Waals surface area contributed by atoms with Crippen molar-refractivity contribution < 1.29 is 4.79 Å². The van der Waals surface area contributed by atoms with Crippen LogP contribution < -0.4 is 16.0 Å². The maximum Gasteiger partial charge on any atom is 0.244 e. The summed E-state index contributed by atoms with van der Waals surface area (Å²) in [6.45, 7) is 7.02. The largest absolute Gasteiger partial charge is 0.370 e. The molecule has 7 heteroatoms. The van der Waals surface area contributed by atoms with Gasteiger partial charge in [-0.3, -0.25) is 4.79 Å². The lowest BCUT2D eigenvalue weighted by Crippen LogP contribution is -2.49. The lowest BCUT2D eigenvalue weighted by Gasteiger charge is -2.36. The molecule has 1 fully saturated rings. The smallest absolute Gasteiger partial charge is 0.244 e. The quantitative estimate of drug-likeness (QED) is 0.641. The molecule has 1 aliphatic heterocycles. The fourth-order valence-corrected chi connectivity index (χ4v) is 2.59. The van der Waals surface area contributed by atoms with Gasteiger partial charge in [-0.25, -0.2) is 4.99 Å². The number of nitrogens with two attached hydrogens (primary N) is 1. The van der Waals surface area contributed by atoms with Gasteiger partial charge in [-0.2, -0.15) is 0 Å². The number of benzene rings is 1. The van der Waals surface area contributed by atoms with Gasteiger partial charge in [0.05, 0.1) is 0 Å². The van der Waals surface area contributed by atoms with Crippen LogP contribution in [0.1, 0.15) is 13.8 Å². The molecule has 6 nitrogen and oxygen atoms in total. The minimum Gasteiger partial charge on any atom is -0.370 e. The number of piperazine rings is 1. The Kier molecular flexibility index (Phi) is 6.10. The second kappa shape index (κ2) is 8.06. The Morgan fingerprint density at radius 1 is 1.26 bits per heavy atom. The summed E-state index contributed by atoms with van der Waals surface area (Å²) in [6.07, 6.45) is 0. The number of nitrogens with one attached hydrogen (secondary N) is 1. The van der Waals surface area contributed by atoms with Crippen LogP contribution in [-0.4, -0.2) is 55.5 Å². The Morgan fingerprint density at radius 3 is 2.43 bits per heavy atom. The number of hydrogen-bond acceptors (Lipinski definition) is 3. The average molecular weight is 338 g/mol. The predicted octanol–water partition coefficient (Wildman–Crippen LogP) is 1.30. The molecule has 0 aliphatic carbocycles. The first-order valence-corrected chi connectivity index (χ1v) is 8.18. The molecule has 1 aromatic rings. The molecule has 2 rings (SSSR count). The third kappa shape index (κ3) is 5.32. The molecule has 0 atom stereocenters. The van der Waals surface area contributed by atoms with Crippen molar-refractivity contribution in [3.63, 3.8) is 0 Å². The molecule has 0 spiro atoms. The Hall–Kier alpha value is -1.95. The van der Waals surface area contributed by atoms with E-state index in [0.29, 0.717) is 19.0 Å². The van der Waals surface area contributed by atoms with E-state index in [0.717, 1.165) is 23.8 Å². The standard InChI is InChI=1S/C16H24ClN5O/c1-12(2)20-16(18)19-11-15(23)22-9-7-21(8-10-22)14-5-3-13(17)4-6-14/h3-6,12H,7-11H2,1-2H3,(H3,18,19,20). The number of nitrogens with zero attached hydrogens (tertiary/aromatic N) is 3. The van der Waals surface area contributed by atoms with E-state index in [4.69, 9.17) is 17.3 Å². The molecule has 1 saturated heterocycles. The number of amides is 1. The van der Waals surface area contributed by atoms with Crippen molar-refractivity contribution in [2.75, 3.05) is 37.6 Å². The van der Waals surface area contributed by atoms with Gasteiger partial charge >= 0.3 is 0 Å².